The van der Waals surface area contributed by atoms with Gasteiger partial charge in [-0.15, -0.1) is 0 Å². The van der Waals surface area contributed by atoms with Gasteiger partial charge in [-0.3, -0.25) is 0 Å². The van der Waals surface area contributed by atoms with E-state index in [4.69, 9.17) is 27.9 Å². The van der Waals surface area contributed by atoms with Crippen LogP contribution in [0.3, 0.4) is 0 Å². The lowest BCUT2D eigenvalue weighted by molar-refractivity contribution is 0.471. The van der Waals surface area contributed by atoms with E-state index in [-0.39, 0.29) is 5.02 Å². The Balaban J connectivity index is 2.23. The second kappa shape index (κ2) is 7.64. The monoisotopic (exact) mass is 327 g/mol. The highest BCUT2D eigenvalue weighted by molar-refractivity contribution is 6.32. The van der Waals surface area contributed by atoms with Crippen LogP contribution in [-0.4, -0.2) is 6.54 Å². The highest BCUT2D eigenvalue weighted by Gasteiger charge is 2.10. The van der Waals surface area contributed by atoms with Crippen molar-refractivity contribution >= 4 is 23.2 Å². The quantitative estimate of drug-likeness (QED) is 0.715. The number of rotatable bonds is 6. The summed E-state index contributed by atoms with van der Waals surface area (Å²) in [5.74, 6) is 0.532. The molecule has 5 heteroatoms. The summed E-state index contributed by atoms with van der Waals surface area (Å²) < 4.78 is 19.0. The highest BCUT2D eigenvalue weighted by Crippen LogP contribution is 2.34. The summed E-state index contributed by atoms with van der Waals surface area (Å²) in [6.07, 6.45) is 1.05. The predicted molar refractivity (Wildman–Crippen MR) is 84.9 cm³/mol. The predicted octanol–water partition coefficient (Wildman–Crippen LogP) is 5.42. The molecule has 21 heavy (non-hydrogen) atoms. The number of hydrogen-bond donors (Lipinski definition) is 1. The molecule has 0 unspecified atom stereocenters. The van der Waals surface area contributed by atoms with Crippen LogP contribution in [0, 0.1) is 5.82 Å². The Hall–Kier alpha value is -1.29. The van der Waals surface area contributed by atoms with Crippen molar-refractivity contribution in [3.05, 3.63) is 57.8 Å². The fourth-order valence-electron chi connectivity index (χ4n) is 1.87. The van der Waals surface area contributed by atoms with Gasteiger partial charge in [0, 0.05) is 18.2 Å². The summed E-state index contributed by atoms with van der Waals surface area (Å²) in [5, 5.41) is 3.83. The maximum atomic E-state index is 13.2. The third kappa shape index (κ3) is 4.34. The molecule has 0 aliphatic heterocycles. The highest BCUT2D eigenvalue weighted by atomic mass is 35.5. The van der Waals surface area contributed by atoms with Gasteiger partial charge in [-0.1, -0.05) is 42.3 Å². The Kier molecular flexibility index (Phi) is 5.85. The molecular weight excluding hydrogens is 312 g/mol. The molecule has 1 N–H and O–H groups in total. The lowest BCUT2D eigenvalue weighted by Gasteiger charge is -2.13. The zero-order chi connectivity index (χ0) is 15.2. The molecule has 0 fully saturated rings. The molecule has 0 aromatic heterocycles. The summed E-state index contributed by atoms with van der Waals surface area (Å²) in [6, 6.07) is 9.79. The van der Waals surface area contributed by atoms with Crippen molar-refractivity contribution in [1.82, 2.24) is 5.32 Å². The Labute approximate surface area is 133 Å². The second-order valence-electron chi connectivity index (χ2n) is 4.58. The average Bonchev–Trinajstić information content (AvgIpc) is 2.46. The van der Waals surface area contributed by atoms with Crippen LogP contribution < -0.4 is 10.1 Å². The van der Waals surface area contributed by atoms with E-state index in [2.05, 4.69) is 12.2 Å². The van der Waals surface area contributed by atoms with Gasteiger partial charge in [0.1, 0.15) is 17.3 Å². The molecule has 2 aromatic rings. The number of ether oxygens (including phenoxy) is 1. The minimum atomic E-state index is -0.479. The molecule has 0 saturated carbocycles. The van der Waals surface area contributed by atoms with Crippen molar-refractivity contribution in [3.63, 3.8) is 0 Å². The zero-order valence-corrected chi connectivity index (χ0v) is 13.1. The van der Waals surface area contributed by atoms with Crippen molar-refractivity contribution in [3.8, 4) is 11.5 Å². The first kappa shape index (κ1) is 16.1. The molecule has 0 spiro atoms. The van der Waals surface area contributed by atoms with Gasteiger partial charge >= 0.3 is 0 Å². The Morgan fingerprint density at radius 2 is 1.95 bits per heavy atom. The number of halogens is 3. The van der Waals surface area contributed by atoms with Crippen LogP contribution >= 0.6 is 23.2 Å². The lowest BCUT2D eigenvalue weighted by Crippen LogP contribution is -2.14. The molecule has 2 rings (SSSR count). The van der Waals surface area contributed by atoms with Crippen molar-refractivity contribution in [1.29, 1.82) is 0 Å². The Morgan fingerprint density at radius 3 is 2.67 bits per heavy atom. The van der Waals surface area contributed by atoms with Gasteiger partial charge in [-0.25, -0.2) is 4.39 Å². The van der Waals surface area contributed by atoms with Gasteiger partial charge in [0.25, 0.3) is 0 Å². The Bertz CT molecular complexity index is 619. The van der Waals surface area contributed by atoms with Gasteiger partial charge in [0.15, 0.2) is 0 Å². The van der Waals surface area contributed by atoms with Crippen molar-refractivity contribution < 1.29 is 9.13 Å². The Morgan fingerprint density at radius 1 is 1.14 bits per heavy atom. The van der Waals surface area contributed by atoms with Gasteiger partial charge in [0.2, 0.25) is 0 Å². The molecule has 2 aromatic carbocycles. The van der Waals surface area contributed by atoms with Crippen LogP contribution in [0.2, 0.25) is 10.0 Å². The van der Waals surface area contributed by atoms with E-state index >= 15 is 0 Å². The first-order chi connectivity index (χ1) is 10.1. The number of hydrogen-bond acceptors (Lipinski definition) is 2. The first-order valence-electron chi connectivity index (χ1n) is 6.73. The summed E-state index contributed by atoms with van der Waals surface area (Å²) in [6.45, 7) is 3.66. The topological polar surface area (TPSA) is 21.3 Å². The smallest absolute Gasteiger partial charge is 0.150 e. The standard InChI is InChI=1S/C16H16Cl2FNO/c1-2-8-20-10-11-4-3-5-13(17)16(11)21-12-6-7-15(19)14(18)9-12/h3-7,9,20H,2,8,10H2,1H3. The molecule has 0 saturated heterocycles. The van der Waals surface area contributed by atoms with Crippen LogP contribution in [0.25, 0.3) is 0 Å². The van der Waals surface area contributed by atoms with Crippen LogP contribution in [0.5, 0.6) is 11.5 Å². The maximum absolute atomic E-state index is 13.2. The fourth-order valence-corrected chi connectivity index (χ4v) is 2.27. The molecule has 2 nitrogen and oxygen atoms in total. The molecule has 0 amide bonds. The van der Waals surface area contributed by atoms with Crippen LogP contribution in [0.1, 0.15) is 18.9 Å². The van der Waals surface area contributed by atoms with E-state index in [9.17, 15) is 4.39 Å². The summed E-state index contributed by atoms with van der Waals surface area (Å²) >= 11 is 12.0. The summed E-state index contributed by atoms with van der Waals surface area (Å²) in [4.78, 5) is 0. The van der Waals surface area contributed by atoms with Gasteiger partial charge < -0.3 is 10.1 Å². The average molecular weight is 328 g/mol. The SMILES string of the molecule is CCCNCc1cccc(Cl)c1Oc1ccc(F)c(Cl)c1. The third-order valence-electron chi connectivity index (χ3n) is 2.90. The molecular formula is C16H16Cl2FNO. The molecule has 0 radical (unpaired) electrons. The van der Waals surface area contributed by atoms with Gasteiger partial charge in [-0.05, 0) is 31.2 Å². The van der Waals surface area contributed by atoms with Crippen molar-refractivity contribution in [2.75, 3.05) is 6.54 Å². The van der Waals surface area contributed by atoms with Crippen molar-refractivity contribution in [2.24, 2.45) is 0 Å². The van der Waals surface area contributed by atoms with Gasteiger partial charge in [0.05, 0.1) is 10.0 Å². The molecule has 0 aliphatic rings. The molecule has 0 heterocycles. The van der Waals surface area contributed by atoms with Crippen LogP contribution in [0.15, 0.2) is 36.4 Å². The lowest BCUT2D eigenvalue weighted by atomic mass is 10.2. The van der Waals surface area contributed by atoms with E-state index < -0.39 is 5.82 Å². The number of nitrogens with one attached hydrogen (secondary N) is 1. The molecule has 0 atom stereocenters. The van der Waals surface area contributed by atoms with Crippen molar-refractivity contribution in [2.45, 2.75) is 19.9 Å². The zero-order valence-electron chi connectivity index (χ0n) is 11.6. The van der Waals surface area contributed by atoms with E-state index in [1.54, 1.807) is 6.07 Å². The first-order valence-corrected chi connectivity index (χ1v) is 7.48. The van der Waals surface area contributed by atoms with E-state index in [1.807, 2.05) is 12.1 Å². The van der Waals surface area contributed by atoms with E-state index in [0.717, 1.165) is 18.5 Å². The summed E-state index contributed by atoms with van der Waals surface area (Å²) in [7, 11) is 0. The van der Waals surface area contributed by atoms with Gasteiger partial charge in [-0.2, -0.15) is 0 Å². The van der Waals surface area contributed by atoms with E-state index in [1.165, 1.54) is 18.2 Å². The molecule has 0 bridgehead atoms. The summed E-state index contributed by atoms with van der Waals surface area (Å²) in [5.41, 5.74) is 0.941. The second-order valence-corrected chi connectivity index (χ2v) is 5.40. The fraction of sp³-hybridized carbons (Fsp3) is 0.250. The largest absolute Gasteiger partial charge is 0.455 e. The van der Waals surface area contributed by atoms with Crippen LogP contribution in [0.4, 0.5) is 4.39 Å². The minimum Gasteiger partial charge on any atom is -0.455 e. The molecule has 0 aliphatic carbocycles. The minimum absolute atomic E-state index is 0.0187. The van der Waals surface area contributed by atoms with E-state index in [0.29, 0.717) is 23.1 Å². The number of benzene rings is 2. The normalized spacial score (nSPS) is 10.7. The number of para-hydroxylation sites is 1. The maximum Gasteiger partial charge on any atom is 0.150 e. The molecule has 112 valence electrons. The van der Waals surface area contributed by atoms with Crippen LogP contribution in [-0.2, 0) is 6.54 Å². The third-order valence-corrected chi connectivity index (χ3v) is 3.49.